The predicted molar refractivity (Wildman–Crippen MR) is 71.5 cm³/mol. The van der Waals surface area contributed by atoms with Gasteiger partial charge in [0.2, 0.25) is 0 Å². The van der Waals surface area contributed by atoms with Gasteiger partial charge in [0.05, 0.1) is 6.61 Å². The smallest absolute Gasteiger partial charge is 0.360 e. The second kappa shape index (κ2) is 8.37. The quantitative estimate of drug-likeness (QED) is 0.407. The number of hydrogen-bond donors (Lipinski definition) is 1. The Morgan fingerprint density at radius 2 is 2.06 bits per heavy atom. The average molecular weight is 249 g/mol. The second-order valence-electron chi connectivity index (χ2n) is 4.10. The van der Waals surface area contributed by atoms with Gasteiger partial charge in [-0.25, -0.2) is 14.8 Å². The fourth-order valence-electron chi connectivity index (χ4n) is 1.62. The predicted octanol–water partition coefficient (Wildman–Crippen LogP) is 2.51. The molecule has 0 aliphatic carbocycles. The van der Waals surface area contributed by atoms with E-state index in [1.165, 1.54) is 32.0 Å². The number of esters is 1. The van der Waals surface area contributed by atoms with Gasteiger partial charge in [-0.05, 0) is 6.42 Å². The van der Waals surface area contributed by atoms with E-state index in [4.69, 9.17) is 10.1 Å². The van der Waals surface area contributed by atoms with Crippen LogP contribution in [0.4, 0.5) is 0 Å². The molecule has 0 saturated carbocycles. The van der Waals surface area contributed by atoms with Crippen molar-refractivity contribution in [2.45, 2.75) is 45.4 Å². The van der Waals surface area contributed by atoms with E-state index in [1.807, 2.05) is 0 Å². The minimum absolute atomic E-state index is 0.0796. The summed E-state index contributed by atoms with van der Waals surface area (Å²) >= 11 is 0. The van der Waals surface area contributed by atoms with Crippen molar-refractivity contribution in [3.05, 3.63) is 5.70 Å². The lowest BCUT2D eigenvalue weighted by molar-refractivity contribution is -0.135. The molecule has 0 saturated heterocycles. The van der Waals surface area contributed by atoms with Crippen LogP contribution in [-0.2, 0) is 9.53 Å². The molecule has 1 rings (SSSR count). The molecule has 18 heavy (non-hydrogen) atoms. The molecule has 1 heterocycles. The number of aliphatic imine (C=N–C) groups is 2. The highest BCUT2D eigenvalue weighted by Crippen LogP contribution is 2.07. The maximum absolute atomic E-state index is 11.6. The van der Waals surface area contributed by atoms with Gasteiger partial charge < -0.3 is 4.74 Å². The van der Waals surface area contributed by atoms with E-state index in [0.29, 0.717) is 6.61 Å². The summed E-state index contributed by atoms with van der Waals surface area (Å²) in [5, 5.41) is 6.94. The SMILES string of the molecule is CCCCCCCCOC(=O)C1=NC=NC1=C=N. The molecule has 1 aliphatic heterocycles. The maximum atomic E-state index is 11.6. The zero-order chi connectivity index (χ0) is 13.2. The lowest BCUT2D eigenvalue weighted by Gasteiger charge is -2.04. The second-order valence-corrected chi connectivity index (χ2v) is 4.10. The molecular weight excluding hydrogens is 230 g/mol. The van der Waals surface area contributed by atoms with Crippen molar-refractivity contribution in [2.75, 3.05) is 6.61 Å². The molecular formula is C13H19N3O2. The molecule has 1 aliphatic rings. The first-order chi connectivity index (χ1) is 8.79. The van der Waals surface area contributed by atoms with Gasteiger partial charge in [-0.2, -0.15) is 0 Å². The minimum Gasteiger partial charge on any atom is -0.461 e. The van der Waals surface area contributed by atoms with Gasteiger partial charge in [0, 0.05) is 5.87 Å². The summed E-state index contributed by atoms with van der Waals surface area (Å²) in [4.78, 5) is 19.1. The number of nitrogens with zero attached hydrogens (tertiary/aromatic N) is 2. The molecule has 0 fully saturated rings. The molecule has 0 spiro atoms. The lowest BCUT2D eigenvalue weighted by atomic mass is 10.1. The molecule has 0 aromatic rings. The van der Waals surface area contributed by atoms with E-state index in [1.54, 1.807) is 0 Å². The topological polar surface area (TPSA) is 74.9 Å². The van der Waals surface area contributed by atoms with Crippen LogP contribution in [0.3, 0.4) is 0 Å². The number of unbranched alkanes of at least 4 members (excludes halogenated alkanes) is 5. The molecule has 0 radical (unpaired) electrons. The molecule has 5 heteroatoms. The summed E-state index contributed by atoms with van der Waals surface area (Å²) < 4.78 is 5.07. The first-order valence-corrected chi connectivity index (χ1v) is 6.37. The molecule has 98 valence electrons. The van der Waals surface area contributed by atoms with Crippen molar-refractivity contribution in [3.63, 3.8) is 0 Å². The van der Waals surface area contributed by atoms with Gasteiger partial charge in [0.1, 0.15) is 6.34 Å². The van der Waals surface area contributed by atoms with Crippen molar-refractivity contribution in [2.24, 2.45) is 9.98 Å². The highest BCUT2D eigenvalue weighted by atomic mass is 16.5. The van der Waals surface area contributed by atoms with Gasteiger partial charge in [0.25, 0.3) is 0 Å². The molecule has 0 atom stereocenters. The van der Waals surface area contributed by atoms with Gasteiger partial charge in [-0.15, -0.1) is 0 Å². The van der Waals surface area contributed by atoms with E-state index < -0.39 is 5.97 Å². The Bertz CT molecular complexity index is 393. The Morgan fingerprint density at radius 1 is 1.33 bits per heavy atom. The van der Waals surface area contributed by atoms with Crippen molar-refractivity contribution in [3.8, 4) is 0 Å². The molecule has 5 nitrogen and oxygen atoms in total. The van der Waals surface area contributed by atoms with Crippen LogP contribution in [0.5, 0.6) is 0 Å². The third kappa shape index (κ3) is 4.63. The van der Waals surface area contributed by atoms with E-state index in [0.717, 1.165) is 12.8 Å². The van der Waals surface area contributed by atoms with E-state index in [-0.39, 0.29) is 11.4 Å². The van der Waals surface area contributed by atoms with Crippen LogP contribution in [0.25, 0.3) is 0 Å². The van der Waals surface area contributed by atoms with Crippen molar-refractivity contribution >= 4 is 23.9 Å². The summed E-state index contributed by atoms with van der Waals surface area (Å²) in [7, 11) is 0. The number of hydrogen-bond acceptors (Lipinski definition) is 5. The van der Waals surface area contributed by atoms with Gasteiger partial charge in [-0.1, -0.05) is 39.0 Å². The maximum Gasteiger partial charge on any atom is 0.360 e. The third-order valence-corrected chi connectivity index (χ3v) is 2.64. The van der Waals surface area contributed by atoms with Crippen molar-refractivity contribution in [1.82, 2.24) is 0 Å². The third-order valence-electron chi connectivity index (χ3n) is 2.64. The van der Waals surface area contributed by atoms with Crippen LogP contribution in [0.15, 0.2) is 15.7 Å². The van der Waals surface area contributed by atoms with Crippen molar-refractivity contribution < 1.29 is 9.53 Å². The van der Waals surface area contributed by atoms with Crippen LogP contribution in [0, 0.1) is 5.41 Å². The van der Waals surface area contributed by atoms with E-state index in [9.17, 15) is 4.79 Å². The average Bonchev–Trinajstić information content (AvgIpc) is 2.85. The molecule has 0 unspecified atom stereocenters. The zero-order valence-corrected chi connectivity index (χ0v) is 10.7. The molecule has 0 amide bonds. The van der Waals surface area contributed by atoms with E-state index >= 15 is 0 Å². The lowest BCUT2D eigenvalue weighted by Crippen LogP contribution is -2.18. The zero-order valence-electron chi connectivity index (χ0n) is 10.7. The van der Waals surface area contributed by atoms with Gasteiger partial charge in [0.15, 0.2) is 11.4 Å². The Hall–Kier alpha value is -1.74. The molecule has 0 aromatic heterocycles. The van der Waals surface area contributed by atoms with Crippen LogP contribution in [0.2, 0.25) is 0 Å². The van der Waals surface area contributed by atoms with Gasteiger partial charge >= 0.3 is 5.97 Å². The van der Waals surface area contributed by atoms with Crippen LogP contribution in [-0.4, -0.2) is 30.5 Å². The Balaban J connectivity index is 2.13. The molecule has 0 bridgehead atoms. The summed E-state index contributed by atoms with van der Waals surface area (Å²) in [6.07, 6.45) is 8.09. The summed E-state index contributed by atoms with van der Waals surface area (Å²) in [5.41, 5.74) is 0.221. The summed E-state index contributed by atoms with van der Waals surface area (Å²) in [5.74, 6) is 1.54. The fourth-order valence-corrected chi connectivity index (χ4v) is 1.62. The van der Waals surface area contributed by atoms with Crippen LogP contribution < -0.4 is 0 Å². The highest BCUT2D eigenvalue weighted by Gasteiger charge is 2.20. The van der Waals surface area contributed by atoms with Crippen LogP contribution >= 0.6 is 0 Å². The number of ether oxygens (including phenoxy) is 1. The van der Waals surface area contributed by atoms with Crippen LogP contribution in [0.1, 0.15) is 45.4 Å². The molecule has 1 N–H and O–H groups in total. The number of nitrogens with one attached hydrogen (secondary N) is 1. The minimum atomic E-state index is -0.518. The number of carbonyl (C=O) groups excluding carboxylic acids is 1. The monoisotopic (exact) mass is 249 g/mol. The van der Waals surface area contributed by atoms with E-state index in [2.05, 4.69) is 22.8 Å². The fraction of sp³-hybridized carbons (Fsp3) is 0.615. The largest absolute Gasteiger partial charge is 0.461 e. The highest BCUT2D eigenvalue weighted by molar-refractivity contribution is 6.47. The summed E-state index contributed by atoms with van der Waals surface area (Å²) in [6.45, 7) is 2.58. The standard InChI is InChI=1S/C13H19N3O2/c1-2-3-4-5-6-7-8-18-13(17)12-11(9-14)15-10-16-12/h10,14H,2-8H2,1H3. The first-order valence-electron chi connectivity index (χ1n) is 6.37. The Kier molecular flexibility index (Phi) is 6.66. The Morgan fingerprint density at radius 3 is 2.78 bits per heavy atom. The first kappa shape index (κ1) is 14.3. The normalized spacial score (nSPS) is 13.4. The molecule has 0 aromatic carbocycles. The number of rotatable bonds is 8. The van der Waals surface area contributed by atoms with Gasteiger partial charge in [-0.3, -0.25) is 5.41 Å². The Labute approximate surface area is 107 Å². The van der Waals surface area contributed by atoms with Crippen molar-refractivity contribution in [1.29, 1.82) is 5.41 Å². The summed E-state index contributed by atoms with van der Waals surface area (Å²) in [6, 6.07) is 0. The number of carbonyl (C=O) groups is 1.